The summed E-state index contributed by atoms with van der Waals surface area (Å²) in [5.74, 6) is 0.226. The molecule has 1 fully saturated rings. The fraction of sp³-hybridized carbons (Fsp3) is 0.500. The lowest BCUT2D eigenvalue weighted by atomic mass is 10.1. The molecule has 1 aliphatic heterocycles. The van der Waals surface area contributed by atoms with Gasteiger partial charge in [-0.1, -0.05) is 0 Å². The highest BCUT2D eigenvalue weighted by molar-refractivity contribution is 7.16. The van der Waals surface area contributed by atoms with Gasteiger partial charge in [-0.15, -0.1) is 11.3 Å². The van der Waals surface area contributed by atoms with Gasteiger partial charge in [0.15, 0.2) is 0 Å². The van der Waals surface area contributed by atoms with Gasteiger partial charge in [-0.25, -0.2) is 4.98 Å². The summed E-state index contributed by atoms with van der Waals surface area (Å²) in [4.78, 5) is 31.0. The maximum atomic E-state index is 12.2. The van der Waals surface area contributed by atoms with Gasteiger partial charge in [-0.3, -0.25) is 14.2 Å². The third-order valence-corrected chi connectivity index (χ3v) is 4.73. The SMILES string of the molecule is O=C(CCn1cnc2sccc2c1=O)N1CCC(CO)C1. The first kappa shape index (κ1) is 14.2. The molecule has 21 heavy (non-hydrogen) atoms. The van der Waals surface area contributed by atoms with Crippen molar-refractivity contribution in [2.75, 3.05) is 19.7 Å². The van der Waals surface area contributed by atoms with Crippen molar-refractivity contribution in [3.8, 4) is 0 Å². The molecule has 0 radical (unpaired) electrons. The minimum atomic E-state index is -0.0938. The lowest BCUT2D eigenvalue weighted by Gasteiger charge is -2.16. The van der Waals surface area contributed by atoms with Crippen LogP contribution in [-0.2, 0) is 11.3 Å². The number of aliphatic hydroxyl groups excluding tert-OH is 1. The number of fused-ring (bicyclic) bond motifs is 1. The molecule has 0 spiro atoms. The number of rotatable bonds is 4. The highest BCUT2D eigenvalue weighted by atomic mass is 32.1. The van der Waals surface area contributed by atoms with Gasteiger partial charge in [0.1, 0.15) is 4.83 Å². The average molecular weight is 307 g/mol. The molecule has 0 saturated carbocycles. The van der Waals surface area contributed by atoms with Gasteiger partial charge in [0.25, 0.3) is 5.56 Å². The van der Waals surface area contributed by atoms with E-state index in [0.717, 1.165) is 11.3 Å². The second-order valence-electron chi connectivity index (χ2n) is 5.31. The molecule has 1 saturated heterocycles. The van der Waals surface area contributed by atoms with Crippen LogP contribution in [0.25, 0.3) is 10.2 Å². The van der Waals surface area contributed by atoms with E-state index in [4.69, 9.17) is 5.11 Å². The molecule has 1 unspecified atom stereocenters. The van der Waals surface area contributed by atoms with Crippen LogP contribution < -0.4 is 5.56 Å². The molecule has 0 bridgehead atoms. The van der Waals surface area contributed by atoms with Gasteiger partial charge < -0.3 is 10.0 Å². The highest BCUT2D eigenvalue weighted by Gasteiger charge is 2.25. The van der Waals surface area contributed by atoms with Gasteiger partial charge in [0, 0.05) is 38.6 Å². The molecule has 1 atom stereocenters. The van der Waals surface area contributed by atoms with Crippen LogP contribution in [0, 0.1) is 5.92 Å². The molecular formula is C14H17N3O3S. The Kier molecular flexibility index (Phi) is 4.03. The van der Waals surface area contributed by atoms with E-state index in [1.807, 2.05) is 5.38 Å². The Balaban J connectivity index is 1.65. The summed E-state index contributed by atoms with van der Waals surface area (Å²) in [6.45, 7) is 1.78. The number of carbonyl (C=O) groups is 1. The lowest BCUT2D eigenvalue weighted by Crippen LogP contribution is -2.31. The Morgan fingerprint density at radius 3 is 3.14 bits per heavy atom. The van der Waals surface area contributed by atoms with Gasteiger partial charge in [-0.05, 0) is 17.9 Å². The van der Waals surface area contributed by atoms with Gasteiger partial charge in [0.2, 0.25) is 5.91 Å². The molecule has 112 valence electrons. The Morgan fingerprint density at radius 1 is 1.52 bits per heavy atom. The predicted octanol–water partition coefficient (Wildman–Crippen LogP) is 0.689. The summed E-state index contributed by atoms with van der Waals surface area (Å²) in [6.07, 6.45) is 2.65. The van der Waals surface area contributed by atoms with E-state index in [1.165, 1.54) is 22.2 Å². The molecule has 2 aromatic heterocycles. The van der Waals surface area contributed by atoms with E-state index in [2.05, 4.69) is 4.98 Å². The second kappa shape index (κ2) is 5.95. The molecule has 0 aliphatic carbocycles. The Morgan fingerprint density at radius 2 is 2.38 bits per heavy atom. The van der Waals surface area contributed by atoms with Crippen LogP contribution in [0.2, 0.25) is 0 Å². The number of amides is 1. The van der Waals surface area contributed by atoms with Crippen LogP contribution >= 0.6 is 11.3 Å². The van der Waals surface area contributed by atoms with E-state index in [9.17, 15) is 9.59 Å². The van der Waals surface area contributed by atoms with Crippen molar-refractivity contribution in [1.82, 2.24) is 14.5 Å². The first-order chi connectivity index (χ1) is 10.2. The van der Waals surface area contributed by atoms with Crippen LogP contribution in [0.1, 0.15) is 12.8 Å². The minimum absolute atomic E-state index is 0.0308. The maximum Gasteiger partial charge on any atom is 0.262 e. The number of aryl methyl sites for hydroxylation is 1. The predicted molar refractivity (Wildman–Crippen MR) is 80.3 cm³/mol. The Hall–Kier alpha value is -1.73. The topological polar surface area (TPSA) is 75.4 Å². The van der Waals surface area contributed by atoms with Gasteiger partial charge >= 0.3 is 0 Å². The molecule has 7 heteroatoms. The van der Waals surface area contributed by atoms with E-state index in [1.54, 1.807) is 11.0 Å². The molecular weight excluding hydrogens is 290 g/mol. The number of likely N-dealkylation sites (tertiary alicyclic amines) is 1. The lowest BCUT2D eigenvalue weighted by molar-refractivity contribution is -0.130. The summed E-state index contributed by atoms with van der Waals surface area (Å²) in [5.41, 5.74) is -0.0938. The van der Waals surface area contributed by atoms with E-state index in [-0.39, 0.29) is 30.4 Å². The summed E-state index contributed by atoms with van der Waals surface area (Å²) < 4.78 is 1.49. The van der Waals surface area contributed by atoms with Crippen molar-refractivity contribution in [3.05, 3.63) is 28.1 Å². The molecule has 2 aromatic rings. The number of hydrogen-bond donors (Lipinski definition) is 1. The van der Waals surface area contributed by atoms with Crippen molar-refractivity contribution < 1.29 is 9.90 Å². The van der Waals surface area contributed by atoms with Crippen molar-refractivity contribution in [3.63, 3.8) is 0 Å². The molecule has 0 aromatic carbocycles. The van der Waals surface area contributed by atoms with Crippen molar-refractivity contribution >= 4 is 27.5 Å². The van der Waals surface area contributed by atoms with Crippen LogP contribution in [0.5, 0.6) is 0 Å². The molecule has 1 aliphatic rings. The zero-order chi connectivity index (χ0) is 14.8. The quantitative estimate of drug-likeness (QED) is 0.902. The first-order valence-electron chi connectivity index (χ1n) is 7.00. The van der Waals surface area contributed by atoms with Crippen molar-refractivity contribution in [2.45, 2.75) is 19.4 Å². The zero-order valence-corrected chi connectivity index (χ0v) is 12.4. The van der Waals surface area contributed by atoms with E-state index < -0.39 is 0 Å². The molecule has 1 N–H and O–H groups in total. The zero-order valence-electron chi connectivity index (χ0n) is 11.6. The van der Waals surface area contributed by atoms with Crippen LogP contribution in [-0.4, -0.2) is 45.2 Å². The number of hydrogen-bond acceptors (Lipinski definition) is 5. The number of nitrogens with zero attached hydrogens (tertiary/aromatic N) is 3. The Bertz CT molecular complexity index is 709. The number of aliphatic hydroxyl groups is 1. The maximum absolute atomic E-state index is 12.2. The number of carbonyl (C=O) groups excluding carboxylic acids is 1. The summed E-state index contributed by atoms with van der Waals surface area (Å²) in [5, 5.41) is 11.5. The molecule has 3 rings (SSSR count). The second-order valence-corrected chi connectivity index (χ2v) is 6.20. The van der Waals surface area contributed by atoms with Crippen LogP contribution in [0.3, 0.4) is 0 Å². The average Bonchev–Trinajstić information content (AvgIpc) is 3.15. The molecule has 6 nitrogen and oxygen atoms in total. The number of thiophene rings is 1. The number of aromatic nitrogens is 2. The third kappa shape index (κ3) is 2.84. The van der Waals surface area contributed by atoms with Gasteiger partial charge in [-0.2, -0.15) is 0 Å². The van der Waals surface area contributed by atoms with Crippen LogP contribution in [0.15, 0.2) is 22.6 Å². The smallest absolute Gasteiger partial charge is 0.262 e. The van der Waals surface area contributed by atoms with E-state index >= 15 is 0 Å². The van der Waals surface area contributed by atoms with Crippen LogP contribution in [0.4, 0.5) is 0 Å². The first-order valence-corrected chi connectivity index (χ1v) is 7.88. The standard InChI is InChI=1S/C14H17N3O3S/c18-8-10-1-4-16(7-10)12(19)2-5-17-9-15-13-11(14(17)20)3-6-21-13/h3,6,9-10,18H,1-2,4-5,7-8H2. The normalized spacial score (nSPS) is 18.5. The summed E-state index contributed by atoms with van der Waals surface area (Å²) in [6, 6.07) is 1.76. The Labute approximate surface area is 125 Å². The summed E-state index contributed by atoms with van der Waals surface area (Å²) in [7, 11) is 0. The highest BCUT2D eigenvalue weighted by Crippen LogP contribution is 2.16. The fourth-order valence-corrected chi connectivity index (χ4v) is 3.36. The summed E-state index contributed by atoms with van der Waals surface area (Å²) >= 11 is 1.43. The largest absolute Gasteiger partial charge is 0.396 e. The monoisotopic (exact) mass is 307 g/mol. The van der Waals surface area contributed by atoms with E-state index in [0.29, 0.717) is 25.0 Å². The minimum Gasteiger partial charge on any atom is -0.396 e. The third-order valence-electron chi connectivity index (χ3n) is 3.91. The fourth-order valence-electron chi connectivity index (χ4n) is 2.63. The van der Waals surface area contributed by atoms with Crippen molar-refractivity contribution in [1.29, 1.82) is 0 Å². The molecule has 1 amide bonds. The van der Waals surface area contributed by atoms with Gasteiger partial charge in [0.05, 0.1) is 11.7 Å². The molecule has 3 heterocycles. The van der Waals surface area contributed by atoms with Crippen molar-refractivity contribution in [2.24, 2.45) is 5.92 Å².